The molecule has 0 aromatic heterocycles. The maximum absolute atomic E-state index is 12.5. The Hall–Kier alpha value is -2.04. The number of rotatable bonds is 3. The van der Waals surface area contributed by atoms with E-state index in [1.807, 2.05) is 19.1 Å². The van der Waals surface area contributed by atoms with E-state index in [9.17, 15) is 18.0 Å². The van der Waals surface area contributed by atoms with E-state index in [0.717, 1.165) is 18.6 Å². The lowest BCUT2D eigenvalue weighted by Gasteiger charge is -2.20. The highest BCUT2D eigenvalue weighted by Crippen LogP contribution is 2.33. The van der Waals surface area contributed by atoms with Gasteiger partial charge in [-0.2, -0.15) is 13.2 Å². The van der Waals surface area contributed by atoms with Gasteiger partial charge in [0.15, 0.2) is 0 Å². The Labute approximate surface area is 127 Å². The molecule has 118 valence electrons. The van der Waals surface area contributed by atoms with E-state index in [0.29, 0.717) is 18.7 Å². The largest absolute Gasteiger partial charge is 0.416 e. The minimum absolute atomic E-state index is 0.0911. The van der Waals surface area contributed by atoms with Gasteiger partial charge < -0.3 is 4.90 Å². The van der Waals surface area contributed by atoms with Crippen LogP contribution in [0.4, 0.5) is 13.2 Å². The fraction of sp³-hybridized carbons (Fsp3) is 0.353. The second-order valence-corrected chi connectivity index (χ2v) is 5.82. The molecule has 0 unspecified atom stereocenters. The van der Waals surface area contributed by atoms with Crippen LogP contribution in [0.5, 0.6) is 0 Å². The number of amides is 1. The molecule has 0 N–H and O–H groups in total. The van der Waals surface area contributed by atoms with Gasteiger partial charge in [-0.3, -0.25) is 4.79 Å². The summed E-state index contributed by atoms with van der Waals surface area (Å²) in [5.41, 5.74) is -0.108. The van der Waals surface area contributed by atoms with E-state index in [2.05, 4.69) is 6.58 Å². The van der Waals surface area contributed by atoms with Crippen molar-refractivity contribution in [2.45, 2.75) is 19.5 Å². The molecule has 0 saturated carbocycles. The van der Waals surface area contributed by atoms with Crippen molar-refractivity contribution >= 4 is 12.0 Å². The molecule has 0 spiro atoms. The summed E-state index contributed by atoms with van der Waals surface area (Å²) in [5.74, 6) is -0.0911. The van der Waals surface area contributed by atoms with Crippen molar-refractivity contribution < 1.29 is 18.0 Å². The van der Waals surface area contributed by atoms with Crippen LogP contribution in [-0.2, 0) is 11.0 Å². The lowest BCUT2D eigenvalue weighted by atomic mass is 9.89. The van der Waals surface area contributed by atoms with E-state index in [-0.39, 0.29) is 11.3 Å². The van der Waals surface area contributed by atoms with Crippen LogP contribution in [0.25, 0.3) is 6.08 Å². The van der Waals surface area contributed by atoms with Crippen molar-refractivity contribution in [3.8, 4) is 0 Å². The van der Waals surface area contributed by atoms with Gasteiger partial charge >= 0.3 is 6.18 Å². The van der Waals surface area contributed by atoms with Gasteiger partial charge in [0.1, 0.15) is 0 Å². The van der Waals surface area contributed by atoms with Crippen molar-refractivity contribution in [2.24, 2.45) is 5.41 Å². The third-order valence-corrected chi connectivity index (χ3v) is 3.91. The van der Waals surface area contributed by atoms with Crippen LogP contribution >= 0.6 is 0 Å². The molecule has 1 heterocycles. The highest BCUT2D eigenvalue weighted by Gasteiger charge is 2.33. The molecule has 0 bridgehead atoms. The Kier molecular flexibility index (Phi) is 4.44. The van der Waals surface area contributed by atoms with Gasteiger partial charge in [0.2, 0.25) is 5.91 Å². The summed E-state index contributed by atoms with van der Waals surface area (Å²) in [7, 11) is 0. The number of alkyl halides is 3. The summed E-state index contributed by atoms with van der Waals surface area (Å²) >= 11 is 0. The molecule has 1 saturated heterocycles. The Bertz CT molecular complexity index is 589. The van der Waals surface area contributed by atoms with Crippen LogP contribution in [0, 0.1) is 5.41 Å². The average Bonchev–Trinajstić information content (AvgIpc) is 2.87. The van der Waals surface area contributed by atoms with Crippen LogP contribution in [0.2, 0.25) is 0 Å². The van der Waals surface area contributed by atoms with Crippen molar-refractivity contribution in [3.63, 3.8) is 0 Å². The standard InChI is InChI=1S/C17H18F3NO/c1-3-15(22)21-11-10-16(2,12-21)9-8-13-4-6-14(7-5-13)17(18,19)20/h3-9H,1,10-12H2,2H3/t16-/m1/s1. The zero-order chi connectivity index (χ0) is 16.4. The molecule has 1 aromatic carbocycles. The number of halogens is 3. The van der Waals surface area contributed by atoms with E-state index in [4.69, 9.17) is 0 Å². The van der Waals surface area contributed by atoms with Crippen LogP contribution in [0.15, 0.2) is 43.0 Å². The molecule has 1 aliphatic heterocycles. The predicted molar refractivity (Wildman–Crippen MR) is 80.0 cm³/mol. The molecule has 2 nitrogen and oxygen atoms in total. The number of carbonyl (C=O) groups excluding carboxylic acids is 1. The zero-order valence-corrected chi connectivity index (χ0v) is 12.4. The molecule has 1 atom stereocenters. The van der Waals surface area contributed by atoms with E-state index >= 15 is 0 Å². The fourth-order valence-corrected chi connectivity index (χ4v) is 2.52. The number of likely N-dealkylation sites (tertiary alicyclic amines) is 1. The lowest BCUT2D eigenvalue weighted by Crippen LogP contribution is -2.28. The monoisotopic (exact) mass is 309 g/mol. The molecule has 0 aliphatic carbocycles. The number of nitrogens with zero attached hydrogens (tertiary/aromatic N) is 1. The molecular formula is C17H18F3NO. The van der Waals surface area contributed by atoms with Gasteiger partial charge in [-0.1, -0.05) is 37.8 Å². The Morgan fingerprint density at radius 2 is 1.95 bits per heavy atom. The Morgan fingerprint density at radius 3 is 2.50 bits per heavy atom. The summed E-state index contributed by atoms with van der Waals surface area (Å²) in [4.78, 5) is 13.3. The van der Waals surface area contributed by atoms with Gasteiger partial charge in [0.05, 0.1) is 5.56 Å². The van der Waals surface area contributed by atoms with Crippen LogP contribution in [0.3, 0.4) is 0 Å². The van der Waals surface area contributed by atoms with Crippen LogP contribution in [-0.4, -0.2) is 23.9 Å². The topological polar surface area (TPSA) is 20.3 Å². The summed E-state index contributed by atoms with van der Waals surface area (Å²) in [6.07, 6.45) is 1.58. The molecule has 2 rings (SSSR count). The van der Waals surface area contributed by atoms with Crippen molar-refractivity contribution in [1.82, 2.24) is 4.90 Å². The number of benzene rings is 1. The summed E-state index contributed by atoms with van der Waals surface area (Å²) in [5, 5.41) is 0. The Balaban J connectivity index is 2.06. The third kappa shape index (κ3) is 3.78. The van der Waals surface area contributed by atoms with Crippen LogP contribution in [0.1, 0.15) is 24.5 Å². The maximum Gasteiger partial charge on any atom is 0.416 e. The van der Waals surface area contributed by atoms with Gasteiger partial charge in [-0.05, 0) is 30.2 Å². The van der Waals surface area contributed by atoms with Gasteiger partial charge in [-0.15, -0.1) is 0 Å². The number of hydrogen-bond donors (Lipinski definition) is 0. The summed E-state index contributed by atoms with van der Waals surface area (Å²) in [6.45, 7) is 6.76. The first kappa shape index (κ1) is 16.3. The van der Waals surface area contributed by atoms with Gasteiger partial charge in [-0.25, -0.2) is 0 Å². The first-order valence-corrected chi connectivity index (χ1v) is 7.01. The zero-order valence-electron chi connectivity index (χ0n) is 12.4. The highest BCUT2D eigenvalue weighted by atomic mass is 19.4. The molecule has 1 aliphatic rings. The summed E-state index contributed by atoms with van der Waals surface area (Å²) in [6, 6.07) is 5.04. The SMILES string of the molecule is C=CC(=O)N1CC[C@@](C)(C=Cc2ccc(C(F)(F)F)cc2)C1. The maximum atomic E-state index is 12.5. The third-order valence-electron chi connectivity index (χ3n) is 3.91. The second kappa shape index (κ2) is 5.99. The first-order valence-electron chi connectivity index (χ1n) is 7.01. The van der Waals surface area contributed by atoms with Gasteiger partial charge in [0, 0.05) is 18.5 Å². The smallest absolute Gasteiger partial charge is 0.338 e. The molecule has 1 fully saturated rings. The second-order valence-electron chi connectivity index (χ2n) is 5.82. The molecule has 22 heavy (non-hydrogen) atoms. The van der Waals surface area contributed by atoms with Crippen LogP contribution < -0.4 is 0 Å². The highest BCUT2D eigenvalue weighted by molar-refractivity contribution is 5.87. The fourth-order valence-electron chi connectivity index (χ4n) is 2.52. The molecule has 1 amide bonds. The van der Waals surface area contributed by atoms with E-state index < -0.39 is 11.7 Å². The summed E-state index contributed by atoms with van der Waals surface area (Å²) < 4.78 is 37.5. The molecule has 5 heteroatoms. The predicted octanol–water partition coefficient (Wildman–Crippen LogP) is 4.14. The normalized spacial score (nSPS) is 22.3. The lowest BCUT2D eigenvalue weighted by molar-refractivity contribution is -0.137. The quantitative estimate of drug-likeness (QED) is 0.768. The minimum atomic E-state index is -4.31. The van der Waals surface area contributed by atoms with Crippen molar-refractivity contribution in [2.75, 3.05) is 13.1 Å². The minimum Gasteiger partial charge on any atom is -0.338 e. The first-order chi connectivity index (χ1) is 10.2. The Morgan fingerprint density at radius 1 is 1.32 bits per heavy atom. The van der Waals surface area contributed by atoms with E-state index in [1.165, 1.54) is 18.2 Å². The number of carbonyl (C=O) groups is 1. The van der Waals surface area contributed by atoms with Gasteiger partial charge in [0.25, 0.3) is 0 Å². The van der Waals surface area contributed by atoms with E-state index in [1.54, 1.807) is 4.90 Å². The molecule has 1 aromatic rings. The number of hydrogen-bond acceptors (Lipinski definition) is 1. The molecular weight excluding hydrogens is 291 g/mol. The van der Waals surface area contributed by atoms with Crippen molar-refractivity contribution in [1.29, 1.82) is 0 Å². The van der Waals surface area contributed by atoms with Crippen molar-refractivity contribution in [3.05, 3.63) is 54.1 Å². The molecule has 0 radical (unpaired) electrons. The average molecular weight is 309 g/mol.